The largest absolute Gasteiger partial charge is 0.494 e. The topological polar surface area (TPSA) is 35.5 Å². The molecule has 0 amide bonds. The molecule has 0 N–H and O–H groups in total. The van der Waals surface area contributed by atoms with Gasteiger partial charge in [0.25, 0.3) is 0 Å². The molecule has 0 saturated heterocycles. The average Bonchev–Trinajstić information content (AvgIpc) is 2.46. The van der Waals surface area contributed by atoms with Crippen molar-refractivity contribution in [3.05, 3.63) is 59.1 Å². The molecule has 104 valence electrons. The minimum atomic E-state index is -0.0898. The number of benzene rings is 2. The van der Waals surface area contributed by atoms with Crippen LogP contribution in [0.2, 0.25) is 5.02 Å². The van der Waals surface area contributed by atoms with Crippen LogP contribution in [-0.4, -0.2) is 19.0 Å². The molecule has 0 spiro atoms. The first-order valence-corrected chi connectivity index (χ1v) is 6.71. The molecule has 0 aliphatic rings. The number of hydrogen-bond acceptors (Lipinski definition) is 3. The van der Waals surface area contributed by atoms with Gasteiger partial charge in [0.05, 0.1) is 6.61 Å². The molecule has 0 aliphatic carbocycles. The van der Waals surface area contributed by atoms with E-state index in [1.165, 1.54) is 0 Å². The van der Waals surface area contributed by atoms with Gasteiger partial charge in [0.2, 0.25) is 0 Å². The van der Waals surface area contributed by atoms with Crippen molar-refractivity contribution in [2.45, 2.75) is 6.92 Å². The van der Waals surface area contributed by atoms with Crippen LogP contribution in [0.4, 0.5) is 0 Å². The van der Waals surface area contributed by atoms with E-state index in [1.807, 2.05) is 6.92 Å². The Morgan fingerprint density at radius 3 is 2.45 bits per heavy atom. The van der Waals surface area contributed by atoms with Gasteiger partial charge >= 0.3 is 0 Å². The van der Waals surface area contributed by atoms with E-state index in [2.05, 4.69) is 0 Å². The van der Waals surface area contributed by atoms with Gasteiger partial charge in [-0.25, -0.2) is 0 Å². The van der Waals surface area contributed by atoms with Gasteiger partial charge in [-0.05, 0) is 49.4 Å². The highest BCUT2D eigenvalue weighted by Crippen LogP contribution is 2.18. The third-order valence-corrected chi connectivity index (χ3v) is 2.89. The molecule has 2 aromatic rings. The highest BCUT2D eigenvalue weighted by Gasteiger charge is 2.07. The number of halogens is 1. The number of ether oxygens (including phenoxy) is 2. The number of rotatable bonds is 6. The molecule has 2 rings (SSSR count). The van der Waals surface area contributed by atoms with Crippen LogP contribution in [0.3, 0.4) is 0 Å². The Labute approximate surface area is 123 Å². The van der Waals surface area contributed by atoms with Crippen molar-refractivity contribution >= 4 is 17.4 Å². The maximum absolute atomic E-state index is 12.0. The molecule has 0 heterocycles. The van der Waals surface area contributed by atoms with E-state index in [-0.39, 0.29) is 12.4 Å². The fourth-order valence-electron chi connectivity index (χ4n) is 1.69. The number of hydrogen-bond donors (Lipinski definition) is 0. The molecule has 0 atom stereocenters. The minimum absolute atomic E-state index is 0.0195. The van der Waals surface area contributed by atoms with Crippen molar-refractivity contribution < 1.29 is 14.3 Å². The molecule has 3 nitrogen and oxygen atoms in total. The van der Waals surface area contributed by atoms with Crippen LogP contribution in [0.15, 0.2) is 48.5 Å². The monoisotopic (exact) mass is 290 g/mol. The van der Waals surface area contributed by atoms with E-state index in [9.17, 15) is 4.79 Å². The number of ketones is 1. The van der Waals surface area contributed by atoms with Crippen molar-refractivity contribution in [3.63, 3.8) is 0 Å². The summed E-state index contributed by atoms with van der Waals surface area (Å²) in [4.78, 5) is 12.0. The third kappa shape index (κ3) is 4.00. The first-order chi connectivity index (χ1) is 9.69. The molecule has 4 heteroatoms. The van der Waals surface area contributed by atoms with Crippen LogP contribution in [-0.2, 0) is 0 Å². The molecule has 0 aromatic heterocycles. The van der Waals surface area contributed by atoms with Crippen molar-refractivity contribution in [2.75, 3.05) is 13.2 Å². The van der Waals surface area contributed by atoms with Crippen molar-refractivity contribution in [1.82, 2.24) is 0 Å². The van der Waals surface area contributed by atoms with Gasteiger partial charge in [-0.1, -0.05) is 17.7 Å². The summed E-state index contributed by atoms with van der Waals surface area (Å²) in [7, 11) is 0. The average molecular weight is 291 g/mol. The van der Waals surface area contributed by atoms with Crippen molar-refractivity contribution in [1.29, 1.82) is 0 Å². The lowest BCUT2D eigenvalue weighted by Crippen LogP contribution is -2.11. The molecular formula is C16H15ClO3. The minimum Gasteiger partial charge on any atom is -0.494 e. The molecule has 2 aromatic carbocycles. The molecule has 0 saturated carbocycles. The second-order valence-corrected chi connectivity index (χ2v) is 4.56. The van der Waals surface area contributed by atoms with Crippen molar-refractivity contribution in [2.24, 2.45) is 0 Å². The lowest BCUT2D eigenvalue weighted by atomic mass is 10.1. The van der Waals surface area contributed by atoms with Gasteiger partial charge in [0, 0.05) is 10.6 Å². The Hall–Kier alpha value is -2.00. The van der Waals surface area contributed by atoms with Crippen LogP contribution in [0.25, 0.3) is 0 Å². The summed E-state index contributed by atoms with van der Waals surface area (Å²) >= 11 is 5.85. The van der Waals surface area contributed by atoms with E-state index in [1.54, 1.807) is 48.5 Å². The van der Waals surface area contributed by atoms with Crippen LogP contribution < -0.4 is 9.47 Å². The van der Waals surface area contributed by atoms with Crippen LogP contribution >= 0.6 is 11.6 Å². The third-order valence-electron chi connectivity index (χ3n) is 2.65. The van der Waals surface area contributed by atoms with E-state index < -0.39 is 0 Å². The molecule has 0 unspecified atom stereocenters. The second kappa shape index (κ2) is 6.96. The Bertz CT molecular complexity index is 579. The number of carbonyl (C=O) groups excluding carboxylic acids is 1. The predicted octanol–water partition coefficient (Wildman–Crippen LogP) is 4.00. The molecule has 0 bridgehead atoms. The Morgan fingerprint density at radius 1 is 1.05 bits per heavy atom. The molecule has 0 aliphatic heterocycles. The first-order valence-electron chi connectivity index (χ1n) is 6.33. The van der Waals surface area contributed by atoms with Crippen molar-refractivity contribution in [3.8, 4) is 11.5 Å². The number of carbonyl (C=O) groups is 1. The van der Waals surface area contributed by atoms with Gasteiger partial charge in [0.15, 0.2) is 12.4 Å². The Morgan fingerprint density at radius 2 is 1.80 bits per heavy atom. The maximum atomic E-state index is 12.0. The van der Waals surface area contributed by atoms with Gasteiger partial charge < -0.3 is 9.47 Å². The van der Waals surface area contributed by atoms with Gasteiger partial charge in [-0.3, -0.25) is 4.79 Å². The smallest absolute Gasteiger partial charge is 0.200 e. The fourth-order valence-corrected chi connectivity index (χ4v) is 1.87. The van der Waals surface area contributed by atoms with Gasteiger partial charge in [0.1, 0.15) is 11.5 Å². The molecule has 0 fully saturated rings. The predicted molar refractivity (Wildman–Crippen MR) is 78.9 cm³/mol. The van der Waals surface area contributed by atoms with Crippen LogP contribution in [0, 0.1) is 0 Å². The summed E-state index contributed by atoms with van der Waals surface area (Å²) < 4.78 is 10.7. The summed E-state index contributed by atoms with van der Waals surface area (Å²) in [6, 6.07) is 14.0. The lowest BCUT2D eigenvalue weighted by Gasteiger charge is -2.07. The zero-order valence-electron chi connectivity index (χ0n) is 11.1. The standard InChI is InChI=1S/C16H15ClO3/c1-2-19-14-8-6-12(7-9-14)16(18)11-20-15-5-3-4-13(17)10-15/h3-10H,2,11H2,1H3. The van der Waals surface area contributed by atoms with E-state index >= 15 is 0 Å². The Balaban J connectivity index is 1.94. The molecule has 0 radical (unpaired) electrons. The highest BCUT2D eigenvalue weighted by atomic mass is 35.5. The maximum Gasteiger partial charge on any atom is 0.200 e. The highest BCUT2D eigenvalue weighted by molar-refractivity contribution is 6.30. The second-order valence-electron chi connectivity index (χ2n) is 4.13. The Kier molecular flexibility index (Phi) is 5.02. The fraction of sp³-hybridized carbons (Fsp3) is 0.188. The van der Waals surface area contributed by atoms with Crippen LogP contribution in [0.1, 0.15) is 17.3 Å². The quantitative estimate of drug-likeness (QED) is 0.754. The summed E-state index contributed by atoms with van der Waals surface area (Å²) in [6.45, 7) is 2.50. The molecule has 20 heavy (non-hydrogen) atoms. The summed E-state index contributed by atoms with van der Waals surface area (Å²) in [6.07, 6.45) is 0. The number of Topliss-reactive ketones (excluding diaryl/α,β-unsaturated/α-hetero) is 1. The SMILES string of the molecule is CCOc1ccc(C(=O)COc2cccc(Cl)c2)cc1. The lowest BCUT2D eigenvalue weighted by molar-refractivity contribution is 0.0921. The summed E-state index contributed by atoms with van der Waals surface area (Å²) in [5, 5.41) is 0.580. The van der Waals surface area contributed by atoms with Crippen LogP contribution in [0.5, 0.6) is 11.5 Å². The zero-order valence-corrected chi connectivity index (χ0v) is 11.9. The van der Waals surface area contributed by atoms with E-state index in [4.69, 9.17) is 21.1 Å². The molecular weight excluding hydrogens is 276 g/mol. The van der Waals surface area contributed by atoms with Gasteiger partial charge in [-0.15, -0.1) is 0 Å². The van der Waals surface area contributed by atoms with E-state index in [0.717, 1.165) is 5.75 Å². The van der Waals surface area contributed by atoms with Gasteiger partial charge in [-0.2, -0.15) is 0 Å². The normalized spacial score (nSPS) is 10.1. The summed E-state index contributed by atoms with van der Waals surface area (Å²) in [5.74, 6) is 1.24. The summed E-state index contributed by atoms with van der Waals surface area (Å²) in [5.41, 5.74) is 0.593. The van der Waals surface area contributed by atoms with E-state index in [0.29, 0.717) is 22.9 Å². The zero-order chi connectivity index (χ0) is 14.4. The first kappa shape index (κ1) is 14.4.